The van der Waals surface area contributed by atoms with E-state index >= 15 is 0 Å². The van der Waals surface area contributed by atoms with E-state index in [1.807, 2.05) is 36.5 Å². The van der Waals surface area contributed by atoms with Gasteiger partial charge in [-0.15, -0.1) is 0 Å². The van der Waals surface area contributed by atoms with Crippen molar-refractivity contribution in [2.75, 3.05) is 0 Å². The van der Waals surface area contributed by atoms with Crippen molar-refractivity contribution in [1.82, 2.24) is 10.3 Å². The molecular formula is C18H17ClN2O. The van der Waals surface area contributed by atoms with Gasteiger partial charge in [-0.3, -0.25) is 9.78 Å². The van der Waals surface area contributed by atoms with E-state index < -0.39 is 0 Å². The van der Waals surface area contributed by atoms with Crippen molar-refractivity contribution in [3.05, 3.63) is 64.9 Å². The van der Waals surface area contributed by atoms with Crippen LogP contribution in [0.15, 0.2) is 48.8 Å². The molecule has 0 radical (unpaired) electrons. The summed E-state index contributed by atoms with van der Waals surface area (Å²) in [7, 11) is 0. The van der Waals surface area contributed by atoms with Crippen molar-refractivity contribution in [1.29, 1.82) is 0 Å². The summed E-state index contributed by atoms with van der Waals surface area (Å²) in [6, 6.07) is 11.8. The summed E-state index contributed by atoms with van der Waals surface area (Å²) in [5.41, 5.74) is 2.16. The van der Waals surface area contributed by atoms with Crippen LogP contribution in [0, 0.1) is 5.92 Å². The highest BCUT2D eigenvalue weighted by molar-refractivity contribution is 6.30. The van der Waals surface area contributed by atoms with Gasteiger partial charge >= 0.3 is 0 Å². The van der Waals surface area contributed by atoms with Gasteiger partial charge in [-0.2, -0.15) is 0 Å². The largest absolute Gasteiger partial charge is 0.346 e. The van der Waals surface area contributed by atoms with Crippen molar-refractivity contribution >= 4 is 17.5 Å². The number of amides is 1. The molecule has 0 bridgehead atoms. The maximum atomic E-state index is 12.5. The van der Waals surface area contributed by atoms with Crippen LogP contribution >= 0.6 is 11.6 Å². The quantitative estimate of drug-likeness (QED) is 0.936. The predicted molar refractivity (Wildman–Crippen MR) is 85.6 cm³/mol. The molecule has 1 amide bonds. The van der Waals surface area contributed by atoms with Gasteiger partial charge in [0, 0.05) is 23.3 Å². The summed E-state index contributed by atoms with van der Waals surface area (Å²) in [6.07, 6.45) is 6.56. The second-order valence-corrected chi connectivity index (χ2v) is 6.75. The van der Waals surface area contributed by atoms with Gasteiger partial charge in [-0.05, 0) is 54.5 Å². The highest BCUT2D eigenvalue weighted by Crippen LogP contribution is 2.50. The predicted octanol–water partition coefficient (Wildman–Crippen LogP) is 3.64. The average Bonchev–Trinajstić information content (AvgIpc) is 3.43. The molecule has 0 aliphatic heterocycles. The number of nitrogens with zero attached hydrogens (tertiary/aromatic N) is 1. The van der Waals surface area contributed by atoms with Crippen LogP contribution in [0.25, 0.3) is 0 Å². The number of carbonyl (C=O) groups is 1. The van der Waals surface area contributed by atoms with Gasteiger partial charge in [-0.1, -0.05) is 29.8 Å². The lowest BCUT2D eigenvalue weighted by Gasteiger charge is -2.18. The van der Waals surface area contributed by atoms with E-state index in [0.717, 1.165) is 29.8 Å². The topological polar surface area (TPSA) is 42.0 Å². The van der Waals surface area contributed by atoms with Gasteiger partial charge < -0.3 is 5.32 Å². The zero-order chi connectivity index (χ0) is 15.2. The summed E-state index contributed by atoms with van der Waals surface area (Å²) in [5, 5.41) is 3.99. The van der Waals surface area contributed by atoms with Crippen LogP contribution in [0.4, 0.5) is 0 Å². The number of halogens is 1. The SMILES string of the molecule is O=C(NC1(c2ccc(Cl)cc2)CC1)[C@H]1C[C@H]1c1cccnc1. The zero-order valence-electron chi connectivity index (χ0n) is 12.1. The van der Waals surface area contributed by atoms with Gasteiger partial charge in [0.2, 0.25) is 5.91 Å². The first-order valence-electron chi connectivity index (χ1n) is 7.66. The molecule has 4 rings (SSSR count). The maximum Gasteiger partial charge on any atom is 0.224 e. The smallest absolute Gasteiger partial charge is 0.224 e. The molecule has 1 heterocycles. The van der Waals surface area contributed by atoms with E-state index in [1.165, 1.54) is 5.56 Å². The fourth-order valence-corrected chi connectivity index (χ4v) is 3.28. The van der Waals surface area contributed by atoms with Gasteiger partial charge in [0.15, 0.2) is 0 Å². The fraction of sp³-hybridized carbons (Fsp3) is 0.333. The molecule has 0 spiro atoms. The van der Waals surface area contributed by atoms with Crippen molar-refractivity contribution in [3.8, 4) is 0 Å². The van der Waals surface area contributed by atoms with Crippen LogP contribution in [-0.2, 0) is 10.3 Å². The molecule has 2 aromatic rings. The molecular weight excluding hydrogens is 296 g/mol. The molecule has 0 saturated heterocycles. The van der Waals surface area contributed by atoms with Crippen LogP contribution < -0.4 is 5.32 Å². The zero-order valence-corrected chi connectivity index (χ0v) is 12.9. The second-order valence-electron chi connectivity index (χ2n) is 6.31. The third kappa shape index (κ3) is 2.50. The Labute approximate surface area is 134 Å². The molecule has 2 aliphatic carbocycles. The van der Waals surface area contributed by atoms with Crippen LogP contribution in [0.1, 0.15) is 36.3 Å². The van der Waals surface area contributed by atoms with Crippen LogP contribution in [-0.4, -0.2) is 10.9 Å². The summed E-state index contributed by atoms with van der Waals surface area (Å²) in [5.74, 6) is 0.588. The third-order valence-corrected chi connectivity index (χ3v) is 5.00. The van der Waals surface area contributed by atoms with E-state index in [0.29, 0.717) is 5.92 Å². The minimum absolute atomic E-state index is 0.0916. The van der Waals surface area contributed by atoms with E-state index in [1.54, 1.807) is 6.20 Å². The molecule has 3 nitrogen and oxygen atoms in total. The summed E-state index contributed by atoms with van der Waals surface area (Å²) < 4.78 is 0. The molecule has 2 saturated carbocycles. The lowest BCUT2D eigenvalue weighted by atomic mass is 10.0. The van der Waals surface area contributed by atoms with Crippen LogP contribution in [0.3, 0.4) is 0 Å². The number of aromatic nitrogens is 1. The van der Waals surface area contributed by atoms with Gasteiger partial charge in [-0.25, -0.2) is 0 Å². The Morgan fingerprint density at radius 3 is 2.64 bits per heavy atom. The Bertz CT molecular complexity index is 695. The molecule has 2 fully saturated rings. The molecule has 22 heavy (non-hydrogen) atoms. The van der Waals surface area contributed by atoms with Gasteiger partial charge in [0.25, 0.3) is 0 Å². The number of carbonyl (C=O) groups excluding carboxylic acids is 1. The van der Waals surface area contributed by atoms with Gasteiger partial charge in [0.05, 0.1) is 5.54 Å². The number of pyridine rings is 1. The van der Waals surface area contributed by atoms with E-state index in [2.05, 4.69) is 16.4 Å². The molecule has 2 atom stereocenters. The monoisotopic (exact) mass is 312 g/mol. The molecule has 4 heteroatoms. The third-order valence-electron chi connectivity index (χ3n) is 4.75. The normalized spacial score (nSPS) is 24.6. The highest BCUT2D eigenvalue weighted by atomic mass is 35.5. The molecule has 1 aromatic carbocycles. The Morgan fingerprint density at radius 2 is 2.00 bits per heavy atom. The van der Waals surface area contributed by atoms with Crippen molar-refractivity contribution in [2.24, 2.45) is 5.92 Å². The minimum Gasteiger partial charge on any atom is -0.346 e. The lowest BCUT2D eigenvalue weighted by Crippen LogP contribution is -2.36. The molecule has 112 valence electrons. The second kappa shape index (κ2) is 5.10. The first-order chi connectivity index (χ1) is 10.7. The summed E-state index contributed by atoms with van der Waals surface area (Å²) >= 11 is 5.94. The average molecular weight is 313 g/mol. The standard InChI is InChI=1S/C18H17ClN2O/c19-14-5-3-13(4-6-14)18(7-8-18)21-17(22)16-10-15(16)12-2-1-9-20-11-12/h1-6,9,11,15-16H,7-8,10H2,(H,21,22)/t15-,16-/m0/s1. The van der Waals surface area contributed by atoms with E-state index in [-0.39, 0.29) is 17.4 Å². The Morgan fingerprint density at radius 1 is 1.23 bits per heavy atom. The van der Waals surface area contributed by atoms with Crippen molar-refractivity contribution < 1.29 is 4.79 Å². The molecule has 1 aromatic heterocycles. The minimum atomic E-state index is -0.163. The first kappa shape index (κ1) is 13.8. The van der Waals surface area contributed by atoms with Crippen LogP contribution in [0.5, 0.6) is 0 Å². The number of hydrogen-bond donors (Lipinski definition) is 1. The first-order valence-corrected chi connectivity index (χ1v) is 8.04. The van der Waals surface area contributed by atoms with Crippen LogP contribution in [0.2, 0.25) is 5.02 Å². The number of nitrogens with one attached hydrogen (secondary N) is 1. The number of rotatable bonds is 4. The molecule has 0 unspecified atom stereocenters. The van der Waals surface area contributed by atoms with Crippen molar-refractivity contribution in [2.45, 2.75) is 30.7 Å². The Kier molecular flexibility index (Phi) is 3.19. The van der Waals surface area contributed by atoms with E-state index in [4.69, 9.17) is 11.6 Å². The maximum absolute atomic E-state index is 12.5. The van der Waals surface area contributed by atoms with E-state index in [9.17, 15) is 4.79 Å². The van der Waals surface area contributed by atoms with Gasteiger partial charge in [0.1, 0.15) is 0 Å². The highest BCUT2D eigenvalue weighted by Gasteiger charge is 2.50. The molecule has 2 aliphatic rings. The Hall–Kier alpha value is -1.87. The Balaban J connectivity index is 1.44. The number of benzene rings is 1. The lowest BCUT2D eigenvalue weighted by molar-refractivity contribution is -0.123. The fourth-order valence-electron chi connectivity index (χ4n) is 3.16. The summed E-state index contributed by atoms with van der Waals surface area (Å²) in [4.78, 5) is 16.7. The number of hydrogen-bond acceptors (Lipinski definition) is 2. The summed E-state index contributed by atoms with van der Waals surface area (Å²) in [6.45, 7) is 0. The van der Waals surface area contributed by atoms with Crippen molar-refractivity contribution in [3.63, 3.8) is 0 Å². The molecule has 1 N–H and O–H groups in total.